The van der Waals surface area contributed by atoms with E-state index < -0.39 is 10.0 Å². The summed E-state index contributed by atoms with van der Waals surface area (Å²) in [6, 6.07) is 14.3. The van der Waals surface area contributed by atoms with Crippen LogP contribution in [0, 0.1) is 0 Å². The van der Waals surface area contributed by atoms with Gasteiger partial charge in [0.1, 0.15) is 12.9 Å². The fraction of sp³-hybridized carbons (Fsp3) is 0.227. The predicted octanol–water partition coefficient (Wildman–Crippen LogP) is 3.59. The zero-order valence-corrected chi connectivity index (χ0v) is 20.3. The van der Waals surface area contributed by atoms with Gasteiger partial charge in [-0.05, 0) is 42.8 Å². The summed E-state index contributed by atoms with van der Waals surface area (Å²) in [5.74, 6) is -0.0755. The number of benzene rings is 2. The van der Waals surface area contributed by atoms with Crippen molar-refractivity contribution in [3.05, 3.63) is 66.1 Å². The molecule has 1 atom stereocenters. The average Bonchev–Trinajstić information content (AvgIpc) is 3.56. The van der Waals surface area contributed by atoms with E-state index in [-0.39, 0.29) is 29.9 Å². The molecule has 2 aromatic heterocycles. The van der Waals surface area contributed by atoms with Crippen molar-refractivity contribution in [1.82, 2.24) is 19.2 Å². The van der Waals surface area contributed by atoms with Gasteiger partial charge in [-0.1, -0.05) is 23.7 Å². The molecule has 1 saturated heterocycles. The second-order valence-electron chi connectivity index (χ2n) is 7.97. The first-order valence-electron chi connectivity index (χ1n) is 10.6. The number of hydrogen-bond donors (Lipinski definition) is 2. The number of nitrogens with one attached hydrogen (secondary N) is 2. The van der Waals surface area contributed by atoms with Gasteiger partial charge < -0.3 is 14.8 Å². The van der Waals surface area contributed by atoms with Gasteiger partial charge in [-0.3, -0.25) is 9.52 Å². The average molecular weight is 519 g/mol. The Hall–Kier alpha value is -3.15. The van der Waals surface area contributed by atoms with Gasteiger partial charge in [0.25, 0.3) is 10.0 Å². The number of anilines is 2. The highest BCUT2D eigenvalue weighted by Gasteiger charge is 2.25. The zero-order valence-electron chi connectivity index (χ0n) is 17.9. The summed E-state index contributed by atoms with van der Waals surface area (Å²) in [5.41, 5.74) is 1.75. The van der Waals surface area contributed by atoms with Crippen molar-refractivity contribution < 1.29 is 14.6 Å². The first kappa shape index (κ1) is 22.6. The van der Waals surface area contributed by atoms with E-state index in [0.717, 1.165) is 41.1 Å². The second kappa shape index (κ2) is 9.24. The molecule has 0 saturated carbocycles. The van der Waals surface area contributed by atoms with Crippen molar-refractivity contribution in [1.29, 1.82) is 0 Å². The van der Waals surface area contributed by atoms with Gasteiger partial charge in [-0.15, -0.1) is 0 Å². The highest BCUT2D eigenvalue weighted by molar-refractivity contribution is 7.93. The number of para-hydroxylation sites is 1. The van der Waals surface area contributed by atoms with Crippen molar-refractivity contribution in [3.63, 3.8) is 0 Å². The summed E-state index contributed by atoms with van der Waals surface area (Å²) in [4.78, 5) is 18.8. The van der Waals surface area contributed by atoms with Crippen molar-refractivity contribution >= 4 is 60.8 Å². The molecular formula is C22H23ClN6O3S2. The van der Waals surface area contributed by atoms with Crippen LogP contribution in [-0.4, -0.2) is 47.4 Å². The van der Waals surface area contributed by atoms with Crippen LogP contribution in [0.25, 0.3) is 10.9 Å². The number of sulfonamides is 1. The summed E-state index contributed by atoms with van der Waals surface area (Å²) >= 11 is 7.29. The molecule has 0 aliphatic carbocycles. The Morgan fingerprint density at radius 1 is 1.21 bits per heavy atom. The van der Waals surface area contributed by atoms with E-state index in [4.69, 9.17) is 11.6 Å². The Morgan fingerprint density at radius 2 is 2.03 bits per heavy atom. The summed E-state index contributed by atoms with van der Waals surface area (Å²) in [6.45, 7) is 1.60. The smallest absolute Gasteiger partial charge is 0.263 e. The van der Waals surface area contributed by atoms with E-state index in [9.17, 15) is 13.2 Å². The first-order valence-corrected chi connectivity index (χ1v) is 13.2. The summed E-state index contributed by atoms with van der Waals surface area (Å²) < 4.78 is 33.0. The third-order valence-electron chi connectivity index (χ3n) is 5.70. The Balaban J connectivity index is 0.00000289. The largest absolute Gasteiger partial charge is 0.369 e. The monoisotopic (exact) mass is 518 g/mol. The van der Waals surface area contributed by atoms with E-state index >= 15 is 0 Å². The lowest BCUT2D eigenvalue weighted by molar-refractivity contribution is -0.122. The molecule has 2 aromatic carbocycles. The molecule has 0 bridgehead atoms. The SMILES string of the molecule is O=C(Cn1ccc2cccc(Cl)c21)NC1CCN(c2ccc(S(=O)(=O)Nc3ncns3)cc2)C1.[HH]. The van der Waals surface area contributed by atoms with Gasteiger partial charge in [0.15, 0.2) is 0 Å². The first-order chi connectivity index (χ1) is 16.4. The zero-order chi connectivity index (χ0) is 23.7. The number of aromatic nitrogens is 3. The lowest BCUT2D eigenvalue weighted by Crippen LogP contribution is -2.38. The molecule has 3 heterocycles. The van der Waals surface area contributed by atoms with Gasteiger partial charge in [-0.2, -0.15) is 4.37 Å². The molecule has 1 amide bonds. The van der Waals surface area contributed by atoms with Gasteiger partial charge in [0, 0.05) is 49.4 Å². The van der Waals surface area contributed by atoms with Crippen LogP contribution in [0.15, 0.2) is 66.0 Å². The van der Waals surface area contributed by atoms with Gasteiger partial charge in [0.2, 0.25) is 11.0 Å². The van der Waals surface area contributed by atoms with Crippen molar-refractivity contribution in [2.24, 2.45) is 0 Å². The summed E-state index contributed by atoms with van der Waals surface area (Å²) in [7, 11) is -3.72. The Kier molecular flexibility index (Phi) is 6.15. The van der Waals surface area contributed by atoms with E-state index in [1.807, 2.05) is 35.0 Å². The third kappa shape index (κ3) is 4.72. The van der Waals surface area contributed by atoms with E-state index in [1.165, 1.54) is 6.33 Å². The minimum atomic E-state index is -3.72. The van der Waals surface area contributed by atoms with Crippen molar-refractivity contribution in [2.75, 3.05) is 22.7 Å². The number of hydrogen-bond acceptors (Lipinski definition) is 7. The number of carbonyl (C=O) groups excluding carboxylic acids is 1. The summed E-state index contributed by atoms with van der Waals surface area (Å²) in [6.07, 6.45) is 3.97. The van der Waals surface area contributed by atoms with Gasteiger partial charge >= 0.3 is 0 Å². The van der Waals surface area contributed by atoms with Crippen LogP contribution < -0.4 is 14.9 Å². The number of carbonyl (C=O) groups is 1. The van der Waals surface area contributed by atoms with Crippen molar-refractivity contribution in [2.45, 2.75) is 23.9 Å². The molecule has 0 radical (unpaired) electrons. The molecule has 178 valence electrons. The van der Waals surface area contributed by atoms with Crippen LogP contribution >= 0.6 is 23.1 Å². The molecule has 4 aromatic rings. The van der Waals surface area contributed by atoms with E-state index in [1.54, 1.807) is 24.3 Å². The fourth-order valence-electron chi connectivity index (χ4n) is 4.11. The highest BCUT2D eigenvalue weighted by atomic mass is 35.5. The molecule has 0 spiro atoms. The Labute approximate surface area is 207 Å². The highest BCUT2D eigenvalue weighted by Crippen LogP contribution is 2.25. The molecule has 1 aliphatic rings. The van der Waals surface area contributed by atoms with Gasteiger partial charge in [-0.25, -0.2) is 13.4 Å². The minimum Gasteiger partial charge on any atom is -0.369 e. The predicted molar refractivity (Wildman–Crippen MR) is 135 cm³/mol. The molecule has 34 heavy (non-hydrogen) atoms. The summed E-state index contributed by atoms with van der Waals surface area (Å²) in [5, 5.41) is 4.93. The molecule has 12 heteroatoms. The maximum Gasteiger partial charge on any atom is 0.263 e. The molecule has 2 N–H and O–H groups in total. The van der Waals surface area contributed by atoms with Crippen LogP contribution in [0.4, 0.5) is 10.8 Å². The number of fused-ring (bicyclic) bond motifs is 1. The fourth-order valence-corrected chi connectivity index (χ4v) is 6.07. The van der Waals surface area contributed by atoms with Crippen molar-refractivity contribution in [3.8, 4) is 0 Å². The van der Waals surface area contributed by atoms with Crippen LogP contribution in [0.2, 0.25) is 5.02 Å². The molecule has 1 unspecified atom stereocenters. The number of amides is 1. The molecule has 1 aliphatic heterocycles. The molecule has 5 rings (SSSR count). The topological polar surface area (TPSA) is 109 Å². The lowest BCUT2D eigenvalue weighted by Gasteiger charge is -2.19. The Bertz CT molecular complexity index is 1430. The molecular weight excluding hydrogens is 496 g/mol. The maximum absolute atomic E-state index is 12.7. The second-order valence-corrected chi connectivity index (χ2v) is 10.8. The van der Waals surface area contributed by atoms with Crippen LogP contribution in [0.5, 0.6) is 0 Å². The quantitative estimate of drug-likeness (QED) is 0.387. The van der Waals surface area contributed by atoms with E-state index in [2.05, 4.69) is 24.3 Å². The van der Waals surface area contributed by atoms with E-state index in [0.29, 0.717) is 11.6 Å². The van der Waals surface area contributed by atoms with Crippen LogP contribution in [0.3, 0.4) is 0 Å². The number of nitrogens with zero attached hydrogens (tertiary/aromatic N) is 4. The van der Waals surface area contributed by atoms with Gasteiger partial charge in [0.05, 0.1) is 15.4 Å². The van der Waals surface area contributed by atoms with Crippen LogP contribution in [-0.2, 0) is 21.4 Å². The standard InChI is InChI=1S/C22H21ClN6O3S2.H2/c23-19-3-1-2-15-8-10-29(21(15)19)13-20(30)26-16-9-11-28(12-16)17-4-6-18(7-5-17)34(31,32)27-22-24-14-25-33-22;/h1-8,10,14,16H,9,11-13H2,(H,26,30)(H,24,25,27);1H. The van der Waals surface area contributed by atoms with Crippen LogP contribution in [0.1, 0.15) is 7.85 Å². The Morgan fingerprint density at radius 3 is 2.79 bits per heavy atom. The minimum absolute atomic E-state index is 0. The molecule has 9 nitrogen and oxygen atoms in total. The number of rotatable bonds is 7. The third-order valence-corrected chi connectivity index (χ3v) is 8.07. The maximum atomic E-state index is 12.7. The normalized spacial score (nSPS) is 16.1. The lowest BCUT2D eigenvalue weighted by atomic mass is 10.2. The molecule has 1 fully saturated rings. The number of halogens is 1.